The molecule has 5 aliphatic rings. The Hall–Kier alpha value is -2.39. The first-order valence-electron chi connectivity index (χ1n) is 12.9. The molecule has 4 aliphatic carbocycles. The summed E-state index contributed by atoms with van der Waals surface area (Å²) >= 11 is 11.9. The van der Waals surface area contributed by atoms with Gasteiger partial charge < -0.3 is 25.2 Å². The third kappa shape index (κ3) is 4.88. The maximum absolute atomic E-state index is 13.6. The highest BCUT2D eigenvalue weighted by Crippen LogP contribution is 2.69. The lowest BCUT2D eigenvalue weighted by molar-refractivity contribution is -0.175. The zero-order valence-electron chi connectivity index (χ0n) is 20.7. The lowest BCUT2D eigenvalue weighted by atomic mass is 9.38. The van der Waals surface area contributed by atoms with Crippen LogP contribution in [0.1, 0.15) is 56.6 Å². The van der Waals surface area contributed by atoms with Gasteiger partial charge in [-0.3, -0.25) is 9.59 Å². The molecule has 0 unspecified atom stereocenters. The molecule has 1 amide bonds. The second-order valence-corrected chi connectivity index (χ2v) is 12.4. The number of ketones is 1. The Morgan fingerprint density at radius 1 is 1.13 bits per heavy atom. The molecular formula is C28H29Cl2FN2O5. The van der Waals surface area contributed by atoms with Crippen molar-refractivity contribution in [2.24, 2.45) is 5.41 Å². The van der Waals surface area contributed by atoms with Crippen LogP contribution >= 0.6 is 23.2 Å². The monoisotopic (exact) mass is 562 g/mol. The standard InChI is InChI=1S/C28H29Cl2FN2O5/c29-16-1-4-23-18(7-16)21(32-27(15-34)5-6-27)9-24(38-23)22(35)10-26-12-28(13-26,14-26)33-25(36)11-37-17-2-3-19(30)20(31)8-17/h1-4,7-8,21,24,32,34H,5-6,9-15H2,(H,33,36)/t21-,24+,26?,28?/m0/s1. The fraction of sp³-hybridized carbons (Fsp3) is 0.500. The number of rotatable bonds is 10. The Labute approximate surface area is 230 Å². The van der Waals surface area contributed by atoms with Gasteiger partial charge >= 0.3 is 0 Å². The highest BCUT2D eigenvalue weighted by atomic mass is 35.5. The van der Waals surface area contributed by atoms with Gasteiger partial charge in [-0.1, -0.05) is 23.2 Å². The number of nitrogens with one attached hydrogen (secondary N) is 2. The van der Waals surface area contributed by atoms with Crippen LogP contribution in [-0.2, 0) is 9.59 Å². The van der Waals surface area contributed by atoms with Crippen LogP contribution in [0.3, 0.4) is 0 Å². The van der Waals surface area contributed by atoms with E-state index in [1.165, 1.54) is 12.1 Å². The summed E-state index contributed by atoms with van der Waals surface area (Å²) in [7, 11) is 0. The maximum Gasteiger partial charge on any atom is 0.258 e. The highest BCUT2D eigenvalue weighted by Gasteiger charge is 2.68. The zero-order chi connectivity index (χ0) is 26.7. The first-order valence-corrected chi connectivity index (χ1v) is 13.6. The third-order valence-corrected chi connectivity index (χ3v) is 8.96. The van der Waals surface area contributed by atoms with Crippen LogP contribution < -0.4 is 20.1 Å². The molecule has 0 spiro atoms. The minimum atomic E-state index is -0.604. The van der Waals surface area contributed by atoms with Crippen LogP contribution in [0, 0.1) is 11.2 Å². The van der Waals surface area contributed by atoms with Gasteiger partial charge in [0.1, 0.15) is 17.3 Å². The number of hydrogen-bond donors (Lipinski definition) is 3. The number of hydrogen-bond acceptors (Lipinski definition) is 6. The van der Waals surface area contributed by atoms with E-state index in [0.29, 0.717) is 23.6 Å². The zero-order valence-corrected chi connectivity index (χ0v) is 22.2. The Balaban J connectivity index is 1.02. The van der Waals surface area contributed by atoms with Crippen LogP contribution in [0.25, 0.3) is 0 Å². The van der Waals surface area contributed by atoms with Crippen molar-refractivity contribution < 1.29 is 28.6 Å². The van der Waals surface area contributed by atoms with Crippen molar-refractivity contribution in [2.45, 2.75) is 68.2 Å². The van der Waals surface area contributed by atoms with Gasteiger partial charge in [-0.2, -0.15) is 0 Å². The summed E-state index contributed by atoms with van der Waals surface area (Å²) in [6.07, 6.45) is 4.31. The van der Waals surface area contributed by atoms with E-state index in [1.807, 2.05) is 6.07 Å². The number of amides is 1. The average Bonchev–Trinajstić information content (AvgIpc) is 3.62. The molecule has 3 N–H and O–H groups in total. The molecule has 2 aromatic carbocycles. The molecule has 10 heteroatoms. The van der Waals surface area contributed by atoms with E-state index >= 15 is 0 Å². The molecule has 0 radical (unpaired) electrons. The molecule has 1 aliphatic heterocycles. The molecule has 0 saturated heterocycles. The van der Waals surface area contributed by atoms with Gasteiger partial charge in [0.25, 0.3) is 5.91 Å². The van der Waals surface area contributed by atoms with E-state index in [4.69, 9.17) is 32.7 Å². The topological polar surface area (TPSA) is 96.9 Å². The SMILES string of the molecule is O=C(COc1ccc(Cl)c(F)c1)NC12CC(CC(=O)[C@H]3C[C@H](NC4(CO)CC4)c4cc(Cl)ccc4O3)(C1)C2. The number of fused-ring (bicyclic) bond motifs is 1. The van der Waals surface area contributed by atoms with Crippen molar-refractivity contribution in [3.05, 3.63) is 57.8 Å². The predicted molar refractivity (Wildman–Crippen MR) is 139 cm³/mol. The van der Waals surface area contributed by atoms with Crippen LogP contribution in [0.15, 0.2) is 36.4 Å². The molecule has 4 saturated carbocycles. The first kappa shape index (κ1) is 25.9. The Bertz CT molecular complexity index is 1280. The first-order chi connectivity index (χ1) is 18.1. The van der Waals surface area contributed by atoms with Gasteiger partial charge in [0, 0.05) is 46.6 Å². The highest BCUT2D eigenvalue weighted by molar-refractivity contribution is 6.31. The number of aliphatic hydroxyl groups excluding tert-OH is 1. The van der Waals surface area contributed by atoms with E-state index in [0.717, 1.165) is 43.7 Å². The van der Waals surface area contributed by atoms with E-state index in [1.54, 1.807) is 12.1 Å². The molecular weight excluding hydrogens is 534 g/mol. The lowest BCUT2D eigenvalue weighted by Crippen LogP contribution is -2.75. The fourth-order valence-corrected chi connectivity index (χ4v) is 6.79. The quantitative estimate of drug-likeness (QED) is 0.394. The molecule has 2 aromatic rings. The molecule has 4 fully saturated rings. The summed E-state index contributed by atoms with van der Waals surface area (Å²) in [5.41, 5.74) is 0.211. The predicted octanol–water partition coefficient (Wildman–Crippen LogP) is 4.52. The van der Waals surface area contributed by atoms with Crippen molar-refractivity contribution in [3.63, 3.8) is 0 Å². The number of ether oxygens (including phenoxy) is 2. The summed E-state index contributed by atoms with van der Waals surface area (Å²) in [6.45, 7) is -0.171. The largest absolute Gasteiger partial charge is 0.484 e. The Kier molecular flexibility index (Phi) is 6.37. The lowest BCUT2D eigenvalue weighted by Gasteiger charge is -2.70. The van der Waals surface area contributed by atoms with Crippen molar-refractivity contribution in [1.82, 2.24) is 10.6 Å². The summed E-state index contributed by atoms with van der Waals surface area (Å²) in [5.74, 6) is 0.0496. The van der Waals surface area contributed by atoms with Gasteiger partial charge in [0.2, 0.25) is 0 Å². The molecule has 0 aromatic heterocycles. The van der Waals surface area contributed by atoms with Crippen LogP contribution in [0.5, 0.6) is 11.5 Å². The molecule has 1 heterocycles. The third-order valence-electron chi connectivity index (χ3n) is 8.42. The van der Waals surface area contributed by atoms with Crippen molar-refractivity contribution in [3.8, 4) is 11.5 Å². The van der Waals surface area contributed by atoms with E-state index < -0.39 is 11.9 Å². The van der Waals surface area contributed by atoms with Crippen molar-refractivity contribution in [1.29, 1.82) is 0 Å². The number of halogens is 3. The van der Waals surface area contributed by atoms with Crippen molar-refractivity contribution >= 4 is 34.9 Å². The number of Topliss-reactive ketones (excluding diaryl/α,β-unsaturated/α-hetero) is 1. The van der Waals surface area contributed by atoms with Crippen LogP contribution in [0.2, 0.25) is 10.0 Å². The van der Waals surface area contributed by atoms with Crippen LogP contribution in [0.4, 0.5) is 4.39 Å². The number of aliphatic hydroxyl groups is 1. The smallest absolute Gasteiger partial charge is 0.258 e. The fourth-order valence-electron chi connectivity index (χ4n) is 6.49. The van der Waals surface area contributed by atoms with E-state index in [2.05, 4.69) is 10.6 Å². The minimum absolute atomic E-state index is 0.00785. The number of carbonyl (C=O) groups is 2. The van der Waals surface area contributed by atoms with Gasteiger partial charge in [0.05, 0.1) is 11.6 Å². The summed E-state index contributed by atoms with van der Waals surface area (Å²) in [5, 5.41) is 17.0. The Morgan fingerprint density at radius 2 is 1.89 bits per heavy atom. The molecule has 2 bridgehead atoms. The summed E-state index contributed by atoms with van der Waals surface area (Å²) in [4.78, 5) is 25.8. The summed E-state index contributed by atoms with van der Waals surface area (Å²) < 4.78 is 25.1. The molecule has 7 rings (SSSR count). The van der Waals surface area contributed by atoms with Crippen LogP contribution in [-0.4, -0.2) is 47.2 Å². The maximum atomic E-state index is 13.6. The van der Waals surface area contributed by atoms with E-state index in [-0.39, 0.29) is 58.2 Å². The minimum Gasteiger partial charge on any atom is -0.484 e. The molecule has 7 nitrogen and oxygen atoms in total. The van der Waals surface area contributed by atoms with Gasteiger partial charge in [-0.15, -0.1) is 0 Å². The van der Waals surface area contributed by atoms with E-state index in [9.17, 15) is 19.1 Å². The van der Waals surface area contributed by atoms with Crippen molar-refractivity contribution in [2.75, 3.05) is 13.2 Å². The normalized spacial score (nSPS) is 29.7. The molecule has 202 valence electrons. The average molecular weight is 563 g/mol. The van der Waals surface area contributed by atoms with Gasteiger partial charge in [0.15, 0.2) is 18.5 Å². The van der Waals surface area contributed by atoms with Gasteiger partial charge in [-0.05, 0) is 67.9 Å². The number of benzene rings is 2. The molecule has 2 atom stereocenters. The van der Waals surface area contributed by atoms with Gasteiger partial charge in [-0.25, -0.2) is 4.39 Å². The number of carbonyl (C=O) groups excluding carboxylic acids is 2. The second-order valence-electron chi connectivity index (χ2n) is 11.5. The second kappa shape index (κ2) is 9.37. The molecule has 38 heavy (non-hydrogen) atoms. The Morgan fingerprint density at radius 3 is 2.58 bits per heavy atom. The summed E-state index contributed by atoms with van der Waals surface area (Å²) in [6, 6.07) is 9.32.